The van der Waals surface area contributed by atoms with Crippen molar-refractivity contribution >= 4 is 5.91 Å². The zero-order valence-electron chi connectivity index (χ0n) is 11.2. The third-order valence-corrected chi connectivity index (χ3v) is 3.30. The van der Waals surface area contributed by atoms with Crippen LogP contribution in [0.3, 0.4) is 0 Å². The number of nitrogens with zero attached hydrogens (tertiary/aromatic N) is 3. The number of aryl methyl sites for hydroxylation is 1. The molecular weight excluding hydrogens is 228 g/mol. The molecule has 100 valence electrons. The summed E-state index contributed by atoms with van der Waals surface area (Å²) in [6, 6.07) is 0.00960. The fourth-order valence-corrected chi connectivity index (χ4v) is 2.38. The van der Waals surface area contributed by atoms with Gasteiger partial charge < -0.3 is 10.2 Å². The number of amides is 1. The van der Waals surface area contributed by atoms with Crippen LogP contribution >= 0.6 is 0 Å². The molecule has 1 atom stereocenters. The van der Waals surface area contributed by atoms with Gasteiger partial charge in [0.05, 0.1) is 12.2 Å². The lowest BCUT2D eigenvalue weighted by atomic mass is 10.0. The third-order valence-electron chi connectivity index (χ3n) is 3.30. The number of piperidine rings is 1. The number of carbonyl (C=O) groups is 1. The first-order valence-electron chi connectivity index (χ1n) is 6.70. The van der Waals surface area contributed by atoms with Gasteiger partial charge in [-0.1, -0.05) is 6.92 Å². The van der Waals surface area contributed by atoms with Gasteiger partial charge in [-0.25, -0.2) is 0 Å². The lowest BCUT2D eigenvalue weighted by molar-refractivity contribution is -0.136. The SMILES string of the molecule is CCCNC1CCCN(Cc2cnn(C)c2)C1=O. The van der Waals surface area contributed by atoms with Gasteiger partial charge in [-0.3, -0.25) is 9.48 Å². The van der Waals surface area contributed by atoms with Crippen LogP contribution in [0.2, 0.25) is 0 Å². The fraction of sp³-hybridized carbons (Fsp3) is 0.692. The van der Waals surface area contributed by atoms with Crippen LogP contribution in [0.1, 0.15) is 31.7 Å². The minimum absolute atomic E-state index is 0.00960. The molecule has 0 saturated carbocycles. The molecule has 2 heterocycles. The van der Waals surface area contributed by atoms with Gasteiger partial charge in [0.25, 0.3) is 0 Å². The molecule has 5 nitrogen and oxygen atoms in total. The van der Waals surface area contributed by atoms with Gasteiger partial charge in [0.2, 0.25) is 5.91 Å². The molecule has 1 aliphatic heterocycles. The van der Waals surface area contributed by atoms with Crippen LogP contribution in [-0.2, 0) is 18.4 Å². The van der Waals surface area contributed by atoms with E-state index >= 15 is 0 Å². The Balaban J connectivity index is 1.93. The minimum atomic E-state index is 0.00960. The Morgan fingerprint density at radius 2 is 2.39 bits per heavy atom. The first-order valence-corrected chi connectivity index (χ1v) is 6.70. The summed E-state index contributed by atoms with van der Waals surface area (Å²) in [5.41, 5.74) is 1.10. The molecule has 1 aromatic heterocycles. The summed E-state index contributed by atoms with van der Waals surface area (Å²) >= 11 is 0. The second-order valence-electron chi connectivity index (χ2n) is 4.93. The molecule has 0 bridgehead atoms. The Hall–Kier alpha value is -1.36. The van der Waals surface area contributed by atoms with Crippen molar-refractivity contribution in [2.75, 3.05) is 13.1 Å². The molecule has 0 aromatic carbocycles. The number of nitrogens with one attached hydrogen (secondary N) is 1. The molecule has 1 aliphatic rings. The van der Waals surface area contributed by atoms with Crippen LogP contribution in [-0.4, -0.2) is 39.7 Å². The summed E-state index contributed by atoms with van der Waals surface area (Å²) in [6.45, 7) is 4.57. The van der Waals surface area contributed by atoms with E-state index in [0.29, 0.717) is 6.54 Å². The fourth-order valence-electron chi connectivity index (χ4n) is 2.38. The second-order valence-corrected chi connectivity index (χ2v) is 4.93. The van der Waals surface area contributed by atoms with E-state index in [0.717, 1.165) is 37.9 Å². The van der Waals surface area contributed by atoms with E-state index in [1.54, 1.807) is 4.68 Å². The van der Waals surface area contributed by atoms with Crippen molar-refractivity contribution in [3.05, 3.63) is 18.0 Å². The monoisotopic (exact) mass is 250 g/mol. The van der Waals surface area contributed by atoms with Crippen LogP contribution < -0.4 is 5.32 Å². The predicted molar refractivity (Wildman–Crippen MR) is 69.9 cm³/mol. The molecular formula is C13H22N4O. The van der Waals surface area contributed by atoms with Crippen molar-refractivity contribution in [3.63, 3.8) is 0 Å². The predicted octanol–water partition coefficient (Wildman–Crippen LogP) is 0.911. The van der Waals surface area contributed by atoms with Crippen LogP contribution in [0.25, 0.3) is 0 Å². The molecule has 1 saturated heterocycles. The molecule has 5 heteroatoms. The molecule has 1 amide bonds. The van der Waals surface area contributed by atoms with Gasteiger partial charge >= 0.3 is 0 Å². The van der Waals surface area contributed by atoms with Gasteiger partial charge in [-0.2, -0.15) is 5.10 Å². The summed E-state index contributed by atoms with van der Waals surface area (Å²) < 4.78 is 1.77. The Kier molecular flexibility index (Phi) is 4.36. The first-order chi connectivity index (χ1) is 8.70. The first kappa shape index (κ1) is 13.1. The minimum Gasteiger partial charge on any atom is -0.337 e. The van der Waals surface area contributed by atoms with E-state index in [-0.39, 0.29) is 11.9 Å². The van der Waals surface area contributed by atoms with Crippen molar-refractivity contribution in [3.8, 4) is 0 Å². The summed E-state index contributed by atoms with van der Waals surface area (Å²) in [7, 11) is 1.90. The molecule has 18 heavy (non-hydrogen) atoms. The smallest absolute Gasteiger partial charge is 0.240 e. The second kappa shape index (κ2) is 6.00. The molecule has 1 aromatic rings. The highest BCUT2D eigenvalue weighted by atomic mass is 16.2. The van der Waals surface area contributed by atoms with Crippen LogP contribution in [0.5, 0.6) is 0 Å². The standard InChI is InChI=1S/C13H22N4O/c1-3-6-14-12-5-4-7-17(13(12)18)10-11-8-15-16(2)9-11/h8-9,12,14H,3-7,10H2,1-2H3. The average molecular weight is 250 g/mol. The van der Waals surface area contributed by atoms with E-state index in [4.69, 9.17) is 0 Å². The van der Waals surface area contributed by atoms with Crippen molar-refractivity contribution in [2.45, 2.75) is 38.8 Å². The maximum atomic E-state index is 12.3. The highest BCUT2D eigenvalue weighted by Gasteiger charge is 2.28. The summed E-state index contributed by atoms with van der Waals surface area (Å²) in [6.07, 6.45) is 6.90. The van der Waals surface area contributed by atoms with Crippen LogP contribution in [0.4, 0.5) is 0 Å². The molecule has 1 fully saturated rings. The molecule has 0 radical (unpaired) electrons. The summed E-state index contributed by atoms with van der Waals surface area (Å²) in [5, 5.41) is 7.47. The zero-order valence-corrected chi connectivity index (χ0v) is 11.2. The summed E-state index contributed by atoms with van der Waals surface area (Å²) in [5.74, 6) is 0.235. The number of aromatic nitrogens is 2. The lowest BCUT2D eigenvalue weighted by Crippen LogP contribution is -2.50. The number of carbonyl (C=O) groups excluding carboxylic acids is 1. The Bertz CT molecular complexity index is 401. The van der Waals surface area contributed by atoms with E-state index < -0.39 is 0 Å². The highest BCUT2D eigenvalue weighted by molar-refractivity contribution is 5.82. The zero-order chi connectivity index (χ0) is 13.0. The maximum Gasteiger partial charge on any atom is 0.240 e. The van der Waals surface area contributed by atoms with Crippen LogP contribution in [0.15, 0.2) is 12.4 Å². The van der Waals surface area contributed by atoms with Gasteiger partial charge in [-0.15, -0.1) is 0 Å². The number of hydrogen-bond acceptors (Lipinski definition) is 3. The van der Waals surface area contributed by atoms with Gasteiger partial charge in [0.1, 0.15) is 0 Å². The summed E-state index contributed by atoms with van der Waals surface area (Å²) in [4.78, 5) is 14.2. The van der Waals surface area contributed by atoms with Crippen LogP contribution in [0, 0.1) is 0 Å². The van der Waals surface area contributed by atoms with Crippen molar-refractivity contribution in [2.24, 2.45) is 7.05 Å². The highest BCUT2D eigenvalue weighted by Crippen LogP contribution is 2.14. The van der Waals surface area contributed by atoms with E-state index in [2.05, 4.69) is 17.3 Å². The molecule has 2 rings (SSSR count). The lowest BCUT2D eigenvalue weighted by Gasteiger charge is -2.32. The Morgan fingerprint density at radius 3 is 3.06 bits per heavy atom. The van der Waals surface area contributed by atoms with Gasteiger partial charge in [0.15, 0.2) is 0 Å². The maximum absolute atomic E-state index is 12.3. The quantitative estimate of drug-likeness (QED) is 0.845. The Morgan fingerprint density at radius 1 is 1.56 bits per heavy atom. The molecule has 0 spiro atoms. The topological polar surface area (TPSA) is 50.2 Å². The van der Waals surface area contributed by atoms with Gasteiger partial charge in [0, 0.05) is 31.9 Å². The van der Waals surface area contributed by atoms with Crippen molar-refractivity contribution in [1.29, 1.82) is 0 Å². The van der Waals surface area contributed by atoms with E-state index in [1.165, 1.54) is 0 Å². The third kappa shape index (κ3) is 3.10. The number of hydrogen-bond donors (Lipinski definition) is 1. The molecule has 0 aliphatic carbocycles. The normalized spacial score (nSPS) is 20.4. The number of rotatable bonds is 5. The van der Waals surface area contributed by atoms with E-state index in [9.17, 15) is 4.79 Å². The average Bonchev–Trinajstić information content (AvgIpc) is 2.76. The van der Waals surface area contributed by atoms with Crippen molar-refractivity contribution in [1.82, 2.24) is 20.0 Å². The largest absolute Gasteiger partial charge is 0.337 e. The van der Waals surface area contributed by atoms with Crippen molar-refractivity contribution < 1.29 is 4.79 Å². The Labute approximate surface area is 108 Å². The number of likely N-dealkylation sites (tertiary alicyclic amines) is 1. The van der Waals surface area contributed by atoms with Gasteiger partial charge in [-0.05, 0) is 25.8 Å². The van der Waals surface area contributed by atoms with E-state index in [1.807, 2.05) is 24.3 Å². The molecule has 1 unspecified atom stereocenters. The molecule has 1 N–H and O–H groups in total.